The van der Waals surface area contributed by atoms with Crippen molar-refractivity contribution in [2.24, 2.45) is 0 Å². The van der Waals surface area contributed by atoms with E-state index in [1.807, 2.05) is 55.5 Å². The smallest absolute Gasteiger partial charge is 0.210 e. The molecule has 0 radical (unpaired) electrons. The van der Waals surface area contributed by atoms with Crippen LogP contribution in [0.15, 0.2) is 53.7 Å². The molecule has 1 aromatic heterocycles. The van der Waals surface area contributed by atoms with E-state index in [2.05, 4.69) is 17.1 Å². The summed E-state index contributed by atoms with van der Waals surface area (Å²) in [5, 5.41) is 9.12. The Morgan fingerprint density at radius 3 is 2.56 bits per heavy atom. The molecular weight excluding hydrogens is 332 g/mol. The number of hydrogen-bond acceptors (Lipinski definition) is 5. The predicted molar refractivity (Wildman–Crippen MR) is 102 cm³/mol. The van der Waals surface area contributed by atoms with Crippen molar-refractivity contribution in [1.29, 1.82) is 0 Å². The van der Waals surface area contributed by atoms with E-state index in [4.69, 9.17) is 10.6 Å². The number of hydrogen-bond donors (Lipinski definition) is 1. The van der Waals surface area contributed by atoms with Crippen molar-refractivity contribution in [3.05, 3.63) is 59.7 Å². The van der Waals surface area contributed by atoms with E-state index in [0.29, 0.717) is 17.6 Å². The van der Waals surface area contributed by atoms with Gasteiger partial charge in [-0.15, -0.1) is 10.2 Å². The molecule has 130 valence electrons. The van der Waals surface area contributed by atoms with Crippen LogP contribution in [0.3, 0.4) is 0 Å². The Hall–Kier alpha value is -2.47. The Labute approximate surface area is 152 Å². The zero-order valence-corrected chi connectivity index (χ0v) is 15.3. The quantitative estimate of drug-likeness (QED) is 0.397. The maximum absolute atomic E-state index is 6.14. The molecule has 0 saturated carbocycles. The van der Waals surface area contributed by atoms with Crippen LogP contribution in [0.2, 0.25) is 0 Å². The van der Waals surface area contributed by atoms with Gasteiger partial charge in [-0.05, 0) is 31.9 Å². The molecule has 0 aliphatic rings. The fraction of sp³-hybridized carbons (Fsp3) is 0.263. The number of para-hydroxylation sites is 1. The molecule has 0 fully saturated rings. The molecule has 1 heterocycles. The van der Waals surface area contributed by atoms with Crippen LogP contribution in [-0.2, 0) is 0 Å². The van der Waals surface area contributed by atoms with Crippen molar-refractivity contribution in [3.63, 3.8) is 0 Å². The van der Waals surface area contributed by atoms with Crippen molar-refractivity contribution in [3.8, 4) is 17.1 Å². The average molecular weight is 354 g/mol. The number of aromatic nitrogens is 3. The topological polar surface area (TPSA) is 66.0 Å². The summed E-state index contributed by atoms with van der Waals surface area (Å²) >= 11 is 1.59. The molecule has 3 aromatic rings. The average Bonchev–Trinajstić information content (AvgIpc) is 2.98. The first-order valence-corrected chi connectivity index (χ1v) is 9.22. The first-order chi connectivity index (χ1) is 12.1. The number of benzene rings is 2. The maximum Gasteiger partial charge on any atom is 0.210 e. The van der Waals surface area contributed by atoms with Gasteiger partial charge in [0, 0.05) is 11.3 Å². The van der Waals surface area contributed by atoms with Gasteiger partial charge in [-0.2, -0.15) is 0 Å². The van der Waals surface area contributed by atoms with Gasteiger partial charge in [-0.25, -0.2) is 4.68 Å². The first kappa shape index (κ1) is 17.4. The maximum atomic E-state index is 6.14. The molecule has 0 amide bonds. The van der Waals surface area contributed by atoms with Gasteiger partial charge in [-0.1, -0.05) is 59.8 Å². The van der Waals surface area contributed by atoms with E-state index in [1.54, 1.807) is 16.4 Å². The van der Waals surface area contributed by atoms with Gasteiger partial charge in [-0.3, -0.25) is 0 Å². The van der Waals surface area contributed by atoms with Gasteiger partial charge in [0.25, 0.3) is 0 Å². The summed E-state index contributed by atoms with van der Waals surface area (Å²) in [4.78, 5) is 0. The van der Waals surface area contributed by atoms with Crippen LogP contribution in [0.5, 0.6) is 5.75 Å². The second-order valence-corrected chi connectivity index (χ2v) is 6.92. The molecule has 3 rings (SSSR count). The van der Waals surface area contributed by atoms with Gasteiger partial charge in [0.15, 0.2) is 5.82 Å². The lowest BCUT2D eigenvalue weighted by Gasteiger charge is -2.08. The van der Waals surface area contributed by atoms with Crippen LogP contribution in [0.25, 0.3) is 11.4 Å². The van der Waals surface area contributed by atoms with E-state index in [1.165, 1.54) is 5.56 Å². The Kier molecular flexibility index (Phi) is 5.60. The predicted octanol–water partition coefficient (Wildman–Crippen LogP) is 3.84. The minimum atomic E-state index is 0.668. The summed E-state index contributed by atoms with van der Waals surface area (Å²) in [6, 6.07) is 16.1. The van der Waals surface area contributed by atoms with Gasteiger partial charge < -0.3 is 10.6 Å². The molecule has 0 aliphatic carbocycles. The van der Waals surface area contributed by atoms with Crippen molar-refractivity contribution in [1.82, 2.24) is 14.9 Å². The van der Waals surface area contributed by atoms with E-state index < -0.39 is 0 Å². The SMILES string of the molecule is Cc1ccc(-c2nnc(SCCCOc3ccccc3C)n2N)cc1. The fourth-order valence-electron chi connectivity index (χ4n) is 2.40. The number of thioether (sulfide) groups is 1. The molecule has 2 aromatic carbocycles. The van der Waals surface area contributed by atoms with Crippen molar-refractivity contribution in [2.45, 2.75) is 25.4 Å². The van der Waals surface area contributed by atoms with Crippen LogP contribution >= 0.6 is 11.8 Å². The van der Waals surface area contributed by atoms with Gasteiger partial charge in [0.2, 0.25) is 5.16 Å². The highest BCUT2D eigenvalue weighted by atomic mass is 32.2. The van der Waals surface area contributed by atoms with Gasteiger partial charge >= 0.3 is 0 Å². The third-order valence-electron chi connectivity index (χ3n) is 3.85. The molecule has 0 atom stereocenters. The summed E-state index contributed by atoms with van der Waals surface area (Å²) in [6.07, 6.45) is 0.908. The summed E-state index contributed by atoms with van der Waals surface area (Å²) in [5.74, 6) is 8.63. The summed E-state index contributed by atoms with van der Waals surface area (Å²) in [7, 11) is 0. The fourth-order valence-corrected chi connectivity index (χ4v) is 3.17. The zero-order chi connectivity index (χ0) is 17.6. The number of nitrogens with two attached hydrogens (primary N) is 1. The lowest BCUT2D eigenvalue weighted by atomic mass is 10.1. The number of nitrogen functional groups attached to an aromatic ring is 1. The first-order valence-electron chi connectivity index (χ1n) is 8.24. The molecule has 6 heteroatoms. The number of rotatable bonds is 7. The normalized spacial score (nSPS) is 10.8. The van der Waals surface area contributed by atoms with Crippen molar-refractivity contribution < 1.29 is 4.74 Å². The minimum absolute atomic E-state index is 0.668. The second-order valence-electron chi connectivity index (χ2n) is 5.86. The number of ether oxygens (including phenoxy) is 1. The Balaban J connectivity index is 1.51. The Bertz CT molecular complexity index is 830. The summed E-state index contributed by atoms with van der Waals surface area (Å²) in [6.45, 7) is 4.77. The molecule has 2 N–H and O–H groups in total. The standard InChI is InChI=1S/C19H22N4OS/c1-14-8-10-16(11-9-14)18-21-22-19(23(18)20)25-13-5-12-24-17-7-4-3-6-15(17)2/h3-4,6-11H,5,12-13,20H2,1-2H3. The van der Waals surface area contributed by atoms with Crippen LogP contribution in [0.4, 0.5) is 0 Å². The monoisotopic (exact) mass is 354 g/mol. The highest BCUT2D eigenvalue weighted by Gasteiger charge is 2.11. The highest BCUT2D eigenvalue weighted by Crippen LogP contribution is 2.22. The van der Waals surface area contributed by atoms with Gasteiger partial charge in [0.1, 0.15) is 5.75 Å². The number of nitrogens with zero attached hydrogens (tertiary/aromatic N) is 3. The molecule has 0 spiro atoms. The molecule has 0 saturated heterocycles. The van der Waals surface area contributed by atoms with E-state index in [0.717, 1.165) is 29.1 Å². The Morgan fingerprint density at radius 2 is 1.80 bits per heavy atom. The van der Waals surface area contributed by atoms with Crippen LogP contribution < -0.4 is 10.6 Å². The zero-order valence-electron chi connectivity index (χ0n) is 14.5. The second kappa shape index (κ2) is 8.07. The molecule has 5 nitrogen and oxygen atoms in total. The summed E-state index contributed by atoms with van der Waals surface area (Å²) in [5.41, 5.74) is 3.32. The molecule has 0 unspecified atom stereocenters. The van der Waals surface area contributed by atoms with Crippen LogP contribution in [0.1, 0.15) is 17.5 Å². The molecule has 0 bridgehead atoms. The van der Waals surface area contributed by atoms with Crippen molar-refractivity contribution >= 4 is 11.8 Å². The van der Waals surface area contributed by atoms with Crippen LogP contribution in [0, 0.1) is 13.8 Å². The number of aryl methyl sites for hydroxylation is 2. The van der Waals surface area contributed by atoms with E-state index in [-0.39, 0.29) is 0 Å². The molecule has 25 heavy (non-hydrogen) atoms. The lowest BCUT2D eigenvalue weighted by Crippen LogP contribution is -2.12. The third kappa shape index (κ3) is 4.33. The largest absolute Gasteiger partial charge is 0.493 e. The van der Waals surface area contributed by atoms with Crippen molar-refractivity contribution in [2.75, 3.05) is 18.2 Å². The Morgan fingerprint density at radius 1 is 1.04 bits per heavy atom. The minimum Gasteiger partial charge on any atom is -0.493 e. The highest BCUT2D eigenvalue weighted by molar-refractivity contribution is 7.99. The molecule has 0 aliphatic heterocycles. The van der Waals surface area contributed by atoms with Crippen LogP contribution in [-0.4, -0.2) is 27.2 Å². The van der Waals surface area contributed by atoms with Gasteiger partial charge in [0.05, 0.1) is 6.61 Å². The van der Waals surface area contributed by atoms with E-state index >= 15 is 0 Å². The third-order valence-corrected chi connectivity index (χ3v) is 4.87. The van der Waals surface area contributed by atoms with E-state index in [9.17, 15) is 0 Å². The lowest BCUT2D eigenvalue weighted by molar-refractivity contribution is 0.316. The molecular formula is C19H22N4OS. The summed E-state index contributed by atoms with van der Waals surface area (Å²) < 4.78 is 7.36.